The summed E-state index contributed by atoms with van der Waals surface area (Å²) in [7, 11) is 0. The number of anilines is 1. The fourth-order valence-electron chi connectivity index (χ4n) is 2.01. The molecule has 1 aromatic heterocycles. The summed E-state index contributed by atoms with van der Waals surface area (Å²) in [5, 5.41) is 7.48. The number of ether oxygens (including phenoxy) is 1. The Balaban J connectivity index is 1.75. The fourth-order valence-corrected chi connectivity index (χ4v) is 2.46. The molecule has 0 bridgehead atoms. The van der Waals surface area contributed by atoms with Gasteiger partial charge in [0, 0.05) is 26.3 Å². The molecule has 0 aliphatic heterocycles. The molecule has 2 rings (SSSR count). The molecule has 1 heterocycles. The van der Waals surface area contributed by atoms with Crippen LogP contribution in [0.15, 0.2) is 15.5 Å². The lowest BCUT2D eigenvalue weighted by Gasteiger charge is -2.10. The van der Waals surface area contributed by atoms with E-state index >= 15 is 0 Å². The molecule has 0 unspecified atom stereocenters. The van der Waals surface area contributed by atoms with Crippen LogP contribution in [-0.4, -0.2) is 29.5 Å². The predicted molar refractivity (Wildman–Crippen MR) is 87.8 cm³/mol. The van der Waals surface area contributed by atoms with Crippen molar-refractivity contribution >= 4 is 21.6 Å². The van der Waals surface area contributed by atoms with E-state index in [-0.39, 0.29) is 5.56 Å². The number of nitrogens with zero attached hydrogens (tertiary/aromatic N) is 2. The SMILES string of the molecule is CCCCOCCCNc1cnn(CC2CC2)c(=O)c1Br. The summed E-state index contributed by atoms with van der Waals surface area (Å²) in [6.07, 6.45) is 7.34. The van der Waals surface area contributed by atoms with Crippen molar-refractivity contribution in [1.82, 2.24) is 9.78 Å². The maximum absolute atomic E-state index is 12.1. The van der Waals surface area contributed by atoms with Gasteiger partial charge in [0.2, 0.25) is 0 Å². The molecular formula is C15H24BrN3O2. The Morgan fingerprint density at radius 1 is 1.43 bits per heavy atom. The third kappa shape index (κ3) is 5.43. The van der Waals surface area contributed by atoms with Gasteiger partial charge >= 0.3 is 0 Å². The number of hydrogen-bond donors (Lipinski definition) is 1. The molecular weight excluding hydrogens is 334 g/mol. The van der Waals surface area contributed by atoms with Crippen molar-refractivity contribution in [2.45, 2.75) is 45.6 Å². The van der Waals surface area contributed by atoms with Crippen molar-refractivity contribution in [2.75, 3.05) is 25.1 Å². The van der Waals surface area contributed by atoms with Gasteiger partial charge in [-0.3, -0.25) is 4.79 Å². The third-order valence-corrected chi connectivity index (χ3v) is 4.30. The largest absolute Gasteiger partial charge is 0.383 e. The first-order valence-corrected chi connectivity index (χ1v) is 8.59. The van der Waals surface area contributed by atoms with Gasteiger partial charge in [0.15, 0.2) is 0 Å². The lowest BCUT2D eigenvalue weighted by atomic mass is 10.3. The second-order valence-corrected chi connectivity index (χ2v) is 6.34. The van der Waals surface area contributed by atoms with E-state index in [1.54, 1.807) is 10.9 Å². The van der Waals surface area contributed by atoms with E-state index in [9.17, 15) is 4.79 Å². The molecule has 0 spiro atoms. The number of hydrogen-bond acceptors (Lipinski definition) is 4. The minimum Gasteiger partial charge on any atom is -0.383 e. The Kier molecular flexibility index (Phi) is 6.70. The zero-order valence-corrected chi connectivity index (χ0v) is 14.2. The highest BCUT2D eigenvalue weighted by molar-refractivity contribution is 9.10. The molecule has 1 aromatic rings. The summed E-state index contributed by atoms with van der Waals surface area (Å²) in [5.41, 5.74) is 0.715. The van der Waals surface area contributed by atoms with Crippen LogP contribution in [-0.2, 0) is 11.3 Å². The van der Waals surface area contributed by atoms with E-state index in [0.29, 0.717) is 10.4 Å². The summed E-state index contributed by atoms with van der Waals surface area (Å²) in [6.45, 7) is 5.25. The second kappa shape index (κ2) is 8.54. The van der Waals surface area contributed by atoms with Gasteiger partial charge in [0.1, 0.15) is 4.47 Å². The molecule has 0 amide bonds. The molecule has 21 heavy (non-hydrogen) atoms. The van der Waals surface area contributed by atoms with Crippen LogP contribution >= 0.6 is 15.9 Å². The Hall–Kier alpha value is -0.880. The molecule has 0 saturated heterocycles. The quantitative estimate of drug-likeness (QED) is 0.654. The van der Waals surface area contributed by atoms with Gasteiger partial charge in [-0.2, -0.15) is 5.10 Å². The highest BCUT2D eigenvalue weighted by Crippen LogP contribution is 2.30. The Bertz CT molecular complexity index is 500. The van der Waals surface area contributed by atoms with E-state index in [4.69, 9.17) is 4.74 Å². The minimum absolute atomic E-state index is 0.0499. The Morgan fingerprint density at radius 2 is 2.19 bits per heavy atom. The number of halogens is 1. The lowest BCUT2D eigenvalue weighted by molar-refractivity contribution is 0.131. The zero-order valence-electron chi connectivity index (χ0n) is 12.6. The van der Waals surface area contributed by atoms with Crippen LogP contribution < -0.4 is 10.9 Å². The van der Waals surface area contributed by atoms with Crippen molar-refractivity contribution < 1.29 is 4.74 Å². The first kappa shape index (κ1) is 16.5. The molecule has 0 atom stereocenters. The Labute approximate surface area is 134 Å². The van der Waals surface area contributed by atoms with Crippen molar-refractivity contribution in [3.63, 3.8) is 0 Å². The van der Waals surface area contributed by atoms with E-state index in [1.807, 2.05) is 0 Å². The van der Waals surface area contributed by atoms with Crippen molar-refractivity contribution in [3.8, 4) is 0 Å². The van der Waals surface area contributed by atoms with Crippen LogP contribution in [0.2, 0.25) is 0 Å². The van der Waals surface area contributed by atoms with Gasteiger partial charge in [0.05, 0.1) is 11.9 Å². The van der Waals surface area contributed by atoms with Gasteiger partial charge in [-0.25, -0.2) is 4.68 Å². The summed E-state index contributed by atoms with van der Waals surface area (Å²) in [5.74, 6) is 0.640. The monoisotopic (exact) mass is 357 g/mol. The first-order chi connectivity index (χ1) is 10.2. The highest BCUT2D eigenvalue weighted by atomic mass is 79.9. The average molecular weight is 358 g/mol. The Morgan fingerprint density at radius 3 is 2.90 bits per heavy atom. The summed E-state index contributed by atoms with van der Waals surface area (Å²) < 4.78 is 7.63. The lowest BCUT2D eigenvalue weighted by Crippen LogP contribution is -2.25. The van der Waals surface area contributed by atoms with Crippen LogP contribution in [0.5, 0.6) is 0 Å². The van der Waals surface area contributed by atoms with Crippen LogP contribution in [0, 0.1) is 5.92 Å². The van der Waals surface area contributed by atoms with Gasteiger partial charge < -0.3 is 10.1 Å². The van der Waals surface area contributed by atoms with E-state index < -0.39 is 0 Å². The third-order valence-electron chi connectivity index (χ3n) is 3.54. The first-order valence-electron chi connectivity index (χ1n) is 7.79. The van der Waals surface area contributed by atoms with Gasteiger partial charge in [0.25, 0.3) is 5.56 Å². The highest BCUT2D eigenvalue weighted by Gasteiger charge is 2.23. The predicted octanol–water partition coefficient (Wildman–Crippen LogP) is 3.03. The molecule has 6 heteroatoms. The molecule has 1 aliphatic rings. The van der Waals surface area contributed by atoms with Crippen molar-refractivity contribution in [3.05, 3.63) is 21.0 Å². The van der Waals surface area contributed by atoms with Crippen LogP contribution in [0.4, 0.5) is 5.69 Å². The van der Waals surface area contributed by atoms with Crippen molar-refractivity contribution in [1.29, 1.82) is 0 Å². The normalized spacial score (nSPS) is 14.4. The number of aromatic nitrogens is 2. The maximum atomic E-state index is 12.1. The molecule has 5 nitrogen and oxygen atoms in total. The number of rotatable bonds is 10. The molecule has 0 radical (unpaired) electrons. The molecule has 1 fully saturated rings. The minimum atomic E-state index is -0.0499. The summed E-state index contributed by atoms with van der Waals surface area (Å²) in [6, 6.07) is 0. The molecule has 118 valence electrons. The van der Waals surface area contributed by atoms with E-state index in [0.717, 1.165) is 51.3 Å². The standard InChI is InChI=1S/C15H24BrN3O2/c1-2-3-8-21-9-4-7-17-13-10-18-19(11-12-5-6-12)15(20)14(13)16/h10,12,17H,2-9,11H2,1H3. The summed E-state index contributed by atoms with van der Waals surface area (Å²) >= 11 is 3.38. The molecule has 1 saturated carbocycles. The van der Waals surface area contributed by atoms with E-state index in [1.165, 1.54) is 12.8 Å². The van der Waals surface area contributed by atoms with Crippen LogP contribution in [0.25, 0.3) is 0 Å². The van der Waals surface area contributed by atoms with Crippen molar-refractivity contribution in [2.24, 2.45) is 5.92 Å². The average Bonchev–Trinajstić information content (AvgIpc) is 3.29. The van der Waals surface area contributed by atoms with Gasteiger partial charge in [-0.1, -0.05) is 13.3 Å². The maximum Gasteiger partial charge on any atom is 0.283 e. The smallest absolute Gasteiger partial charge is 0.283 e. The topological polar surface area (TPSA) is 56.1 Å². The zero-order chi connectivity index (χ0) is 15.1. The summed E-state index contributed by atoms with van der Waals surface area (Å²) in [4.78, 5) is 12.1. The fraction of sp³-hybridized carbons (Fsp3) is 0.733. The van der Waals surface area contributed by atoms with Gasteiger partial charge in [-0.15, -0.1) is 0 Å². The molecule has 1 N–H and O–H groups in total. The molecule has 1 aliphatic carbocycles. The number of nitrogens with one attached hydrogen (secondary N) is 1. The van der Waals surface area contributed by atoms with Crippen LogP contribution in [0.1, 0.15) is 39.0 Å². The molecule has 0 aromatic carbocycles. The number of unbranched alkanes of at least 4 members (excludes halogenated alkanes) is 1. The van der Waals surface area contributed by atoms with Gasteiger partial charge in [-0.05, 0) is 47.5 Å². The second-order valence-electron chi connectivity index (χ2n) is 5.55. The van der Waals surface area contributed by atoms with E-state index in [2.05, 4.69) is 33.3 Å². The van der Waals surface area contributed by atoms with Crippen LogP contribution in [0.3, 0.4) is 0 Å².